The molecule has 0 bridgehead atoms. The van der Waals surface area contributed by atoms with Gasteiger partial charge in [-0.05, 0) is 32.9 Å². The summed E-state index contributed by atoms with van der Waals surface area (Å²) in [7, 11) is -3.61. The van der Waals surface area contributed by atoms with Crippen LogP contribution in [0.25, 0.3) is 0 Å². The Morgan fingerprint density at radius 1 is 1.41 bits per heavy atom. The highest BCUT2D eigenvalue weighted by Gasteiger charge is 2.17. The number of hydrogen-bond acceptors (Lipinski definition) is 3. The van der Waals surface area contributed by atoms with E-state index in [4.69, 9.17) is 4.74 Å². The predicted molar refractivity (Wildman–Crippen MR) is 63.0 cm³/mol. The quantitative estimate of drug-likeness (QED) is 0.881. The number of benzene rings is 1. The first-order valence-electron chi connectivity index (χ1n) is 5.31. The normalized spacial score (nSPS) is 11.8. The maximum atomic E-state index is 13.3. The summed E-state index contributed by atoms with van der Waals surface area (Å²) in [5.74, 6) is -0.630. The number of nitrogens with one attached hydrogen (secondary N) is 1. The van der Waals surface area contributed by atoms with Crippen LogP contribution in [-0.4, -0.2) is 21.1 Å². The molecular weight excluding hydrogens is 245 g/mol. The van der Waals surface area contributed by atoms with Crippen LogP contribution >= 0.6 is 0 Å². The molecule has 0 atom stereocenters. The van der Waals surface area contributed by atoms with Crippen molar-refractivity contribution in [1.29, 1.82) is 0 Å². The number of halogens is 1. The van der Waals surface area contributed by atoms with E-state index in [0.717, 1.165) is 6.07 Å². The zero-order chi connectivity index (χ0) is 13.1. The largest absolute Gasteiger partial charge is 0.491 e. The molecule has 1 N–H and O–H groups in total. The third kappa shape index (κ3) is 3.67. The molecule has 1 rings (SSSR count). The lowest BCUT2D eigenvalue weighted by Gasteiger charge is -2.11. The minimum atomic E-state index is -3.61. The molecule has 0 aliphatic heterocycles. The van der Waals surface area contributed by atoms with Gasteiger partial charge in [0.25, 0.3) is 0 Å². The first kappa shape index (κ1) is 13.9. The van der Waals surface area contributed by atoms with E-state index in [-0.39, 0.29) is 23.3 Å². The van der Waals surface area contributed by atoms with Crippen molar-refractivity contribution in [1.82, 2.24) is 4.72 Å². The molecule has 0 unspecified atom stereocenters. The Labute approximate surface area is 101 Å². The van der Waals surface area contributed by atoms with Crippen molar-refractivity contribution in [3.8, 4) is 5.75 Å². The molecule has 0 saturated heterocycles. The van der Waals surface area contributed by atoms with Gasteiger partial charge in [-0.3, -0.25) is 0 Å². The Morgan fingerprint density at radius 3 is 2.59 bits per heavy atom. The maximum absolute atomic E-state index is 13.3. The van der Waals surface area contributed by atoms with E-state index >= 15 is 0 Å². The molecule has 0 fully saturated rings. The van der Waals surface area contributed by atoms with Crippen molar-refractivity contribution in [2.75, 3.05) is 6.61 Å². The molecule has 0 radical (unpaired) electrons. The molecule has 0 amide bonds. The number of ether oxygens (including phenoxy) is 1. The van der Waals surface area contributed by atoms with Crippen LogP contribution in [0.1, 0.15) is 20.8 Å². The Bertz CT molecular complexity index is 485. The average Bonchev–Trinajstić information content (AvgIpc) is 2.19. The van der Waals surface area contributed by atoms with Crippen molar-refractivity contribution in [3.05, 3.63) is 24.0 Å². The van der Waals surface area contributed by atoms with Gasteiger partial charge in [0.1, 0.15) is 0 Å². The van der Waals surface area contributed by atoms with Gasteiger partial charge in [0, 0.05) is 12.1 Å². The van der Waals surface area contributed by atoms with Crippen molar-refractivity contribution in [2.24, 2.45) is 0 Å². The fourth-order valence-electron chi connectivity index (χ4n) is 1.30. The first-order chi connectivity index (χ1) is 7.86. The summed E-state index contributed by atoms with van der Waals surface area (Å²) in [5.41, 5.74) is 0. The summed E-state index contributed by atoms with van der Waals surface area (Å²) in [6.45, 7) is 5.40. The summed E-state index contributed by atoms with van der Waals surface area (Å²) in [6.07, 6.45) is 0. The molecule has 0 saturated carbocycles. The number of rotatable bonds is 5. The highest BCUT2D eigenvalue weighted by Crippen LogP contribution is 2.21. The van der Waals surface area contributed by atoms with Gasteiger partial charge in [-0.2, -0.15) is 0 Å². The van der Waals surface area contributed by atoms with Crippen LogP contribution < -0.4 is 9.46 Å². The van der Waals surface area contributed by atoms with Crippen molar-refractivity contribution in [2.45, 2.75) is 31.7 Å². The molecule has 0 aliphatic carbocycles. The summed E-state index contributed by atoms with van der Waals surface area (Å²) < 4.78 is 44.3. The van der Waals surface area contributed by atoms with Gasteiger partial charge >= 0.3 is 0 Å². The molecule has 0 aromatic heterocycles. The van der Waals surface area contributed by atoms with Crippen LogP contribution in [0.3, 0.4) is 0 Å². The third-order valence-electron chi connectivity index (χ3n) is 1.90. The molecule has 1 aromatic carbocycles. The lowest BCUT2D eigenvalue weighted by Crippen LogP contribution is -2.30. The van der Waals surface area contributed by atoms with Crippen LogP contribution in [0.2, 0.25) is 0 Å². The second kappa shape index (κ2) is 5.46. The molecule has 0 heterocycles. The fourth-order valence-corrected chi connectivity index (χ4v) is 2.56. The molecule has 96 valence electrons. The van der Waals surface area contributed by atoms with E-state index in [9.17, 15) is 12.8 Å². The monoisotopic (exact) mass is 261 g/mol. The van der Waals surface area contributed by atoms with Crippen LogP contribution in [0.5, 0.6) is 5.75 Å². The average molecular weight is 261 g/mol. The highest BCUT2D eigenvalue weighted by atomic mass is 32.2. The summed E-state index contributed by atoms with van der Waals surface area (Å²) in [5, 5.41) is 0. The second-order valence-corrected chi connectivity index (χ2v) is 5.52. The van der Waals surface area contributed by atoms with Gasteiger partial charge in [0.05, 0.1) is 11.5 Å². The number of sulfonamides is 1. The first-order valence-corrected chi connectivity index (χ1v) is 6.80. The minimum Gasteiger partial charge on any atom is -0.491 e. The number of hydrogen-bond donors (Lipinski definition) is 1. The molecule has 17 heavy (non-hydrogen) atoms. The molecular formula is C11H16FNO3S. The molecule has 0 aliphatic rings. The van der Waals surface area contributed by atoms with Gasteiger partial charge in [0.15, 0.2) is 11.6 Å². The van der Waals surface area contributed by atoms with Crippen molar-refractivity contribution >= 4 is 10.0 Å². The van der Waals surface area contributed by atoms with Crippen LogP contribution in [0, 0.1) is 5.82 Å². The Balaban J connectivity index is 3.11. The molecule has 6 heteroatoms. The smallest absolute Gasteiger partial charge is 0.240 e. The summed E-state index contributed by atoms with van der Waals surface area (Å²) in [6, 6.07) is 3.26. The maximum Gasteiger partial charge on any atom is 0.240 e. The van der Waals surface area contributed by atoms with Gasteiger partial charge in [0.2, 0.25) is 10.0 Å². The van der Waals surface area contributed by atoms with Crippen LogP contribution in [-0.2, 0) is 10.0 Å². The van der Waals surface area contributed by atoms with E-state index in [1.54, 1.807) is 20.8 Å². The highest BCUT2D eigenvalue weighted by molar-refractivity contribution is 7.89. The topological polar surface area (TPSA) is 55.4 Å². The molecule has 0 spiro atoms. The van der Waals surface area contributed by atoms with Gasteiger partial charge in [-0.25, -0.2) is 17.5 Å². The lowest BCUT2D eigenvalue weighted by atomic mass is 10.3. The van der Waals surface area contributed by atoms with E-state index in [1.807, 2.05) is 0 Å². The van der Waals surface area contributed by atoms with E-state index in [0.29, 0.717) is 0 Å². The third-order valence-corrected chi connectivity index (χ3v) is 3.56. The minimum absolute atomic E-state index is 0.00366. The van der Waals surface area contributed by atoms with Crippen LogP contribution in [0.4, 0.5) is 4.39 Å². The fraction of sp³-hybridized carbons (Fsp3) is 0.455. The predicted octanol–water partition coefficient (Wildman–Crippen LogP) is 1.91. The summed E-state index contributed by atoms with van der Waals surface area (Å²) in [4.78, 5) is -0.00366. The molecule has 1 aromatic rings. The van der Waals surface area contributed by atoms with E-state index in [1.165, 1.54) is 12.1 Å². The Hall–Kier alpha value is -1.14. The Kier molecular flexibility index (Phi) is 4.47. The standard InChI is InChI=1S/C11H16FNO3S/c1-4-16-11-7-9(5-6-10(11)12)17(14,15)13-8(2)3/h5-8,13H,4H2,1-3H3. The van der Waals surface area contributed by atoms with Crippen LogP contribution in [0.15, 0.2) is 23.1 Å². The molecule has 4 nitrogen and oxygen atoms in total. The van der Waals surface area contributed by atoms with E-state index < -0.39 is 15.8 Å². The van der Waals surface area contributed by atoms with Crippen molar-refractivity contribution in [3.63, 3.8) is 0 Å². The van der Waals surface area contributed by atoms with Gasteiger partial charge in [-0.1, -0.05) is 0 Å². The zero-order valence-electron chi connectivity index (χ0n) is 10.0. The van der Waals surface area contributed by atoms with Crippen molar-refractivity contribution < 1.29 is 17.5 Å². The second-order valence-electron chi connectivity index (χ2n) is 3.80. The lowest BCUT2D eigenvalue weighted by molar-refractivity contribution is 0.320. The Morgan fingerprint density at radius 2 is 2.06 bits per heavy atom. The summed E-state index contributed by atoms with van der Waals surface area (Å²) >= 11 is 0. The van der Waals surface area contributed by atoms with Gasteiger partial charge in [-0.15, -0.1) is 0 Å². The van der Waals surface area contributed by atoms with E-state index in [2.05, 4.69) is 4.72 Å². The SMILES string of the molecule is CCOc1cc(S(=O)(=O)NC(C)C)ccc1F. The van der Waals surface area contributed by atoms with Gasteiger partial charge < -0.3 is 4.74 Å². The zero-order valence-corrected chi connectivity index (χ0v) is 10.8.